The third kappa shape index (κ3) is 2.75. The van der Waals surface area contributed by atoms with Gasteiger partial charge in [-0.1, -0.05) is 18.2 Å². The lowest BCUT2D eigenvalue weighted by molar-refractivity contribution is -0.115. The molecule has 0 aromatic heterocycles. The van der Waals surface area contributed by atoms with Crippen molar-refractivity contribution >= 4 is 14.8 Å². The molecule has 0 saturated heterocycles. The average molecular weight is 182 g/mol. The van der Waals surface area contributed by atoms with Gasteiger partial charge in [0.05, 0.1) is 6.61 Å². The third-order valence-corrected chi connectivity index (χ3v) is 2.50. The van der Waals surface area contributed by atoms with Crippen LogP contribution in [0.15, 0.2) is 23.8 Å². The van der Waals surface area contributed by atoms with Crippen LogP contribution in [0.4, 0.5) is 0 Å². The van der Waals surface area contributed by atoms with E-state index in [0.717, 1.165) is 5.57 Å². The first-order valence-corrected chi connectivity index (χ1v) is 6.98. The zero-order valence-corrected chi connectivity index (χ0v) is 8.69. The van der Waals surface area contributed by atoms with Gasteiger partial charge in [-0.05, 0) is 13.1 Å². The van der Waals surface area contributed by atoms with Crippen molar-refractivity contribution in [1.82, 2.24) is 0 Å². The van der Waals surface area contributed by atoms with E-state index in [1.54, 1.807) is 0 Å². The number of Topliss-reactive ketones (excluding diaryl/α,β-unsaturated/α-hetero) is 1. The molecule has 0 aromatic rings. The summed E-state index contributed by atoms with van der Waals surface area (Å²) in [6.45, 7) is 4.71. The van der Waals surface area contributed by atoms with Crippen LogP contribution in [0.5, 0.6) is 0 Å². The van der Waals surface area contributed by atoms with Gasteiger partial charge in [-0.25, -0.2) is 0 Å². The molecule has 0 aliphatic heterocycles. The first-order chi connectivity index (χ1) is 5.70. The number of carbonyl (C=O) groups excluding carboxylic acids is 1. The van der Waals surface area contributed by atoms with Crippen LogP contribution in [-0.4, -0.2) is 21.4 Å². The molecule has 12 heavy (non-hydrogen) atoms. The van der Waals surface area contributed by atoms with E-state index in [9.17, 15) is 4.79 Å². The Morgan fingerprint density at radius 2 is 2.33 bits per heavy atom. The molecule has 0 saturated carbocycles. The lowest BCUT2D eigenvalue weighted by atomic mass is 10.1. The summed E-state index contributed by atoms with van der Waals surface area (Å²) in [5.41, 5.74) is 0.818. The summed E-state index contributed by atoms with van der Waals surface area (Å²) in [6, 6.07) is 0. The Balaban J connectivity index is 2.45. The van der Waals surface area contributed by atoms with Crippen LogP contribution < -0.4 is 0 Å². The Labute approximate surface area is 74.6 Å². The second kappa shape index (κ2) is 4.38. The van der Waals surface area contributed by atoms with Gasteiger partial charge in [0.1, 0.15) is 0 Å². The highest BCUT2D eigenvalue weighted by atomic mass is 28.3. The predicted octanol–water partition coefficient (Wildman–Crippen LogP) is 1.44. The van der Waals surface area contributed by atoms with Crippen LogP contribution in [0.3, 0.4) is 0 Å². The monoisotopic (exact) mass is 182 g/mol. The van der Waals surface area contributed by atoms with Crippen molar-refractivity contribution < 1.29 is 9.22 Å². The Kier molecular flexibility index (Phi) is 3.43. The van der Waals surface area contributed by atoms with Crippen molar-refractivity contribution in [2.24, 2.45) is 0 Å². The molecule has 0 N–H and O–H groups in total. The zero-order valence-electron chi connectivity index (χ0n) is 7.54. The van der Waals surface area contributed by atoms with E-state index in [1.807, 2.05) is 18.2 Å². The van der Waals surface area contributed by atoms with Gasteiger partial charge >= 0.3 is 0 Å². The predicted molar refractivity (Wildman–Crippen MR) is 51.7 cm³/mol. The van der Waals surface area contributed by atoms with E-state index >= 15 is 0 Å². The number of rotatable bonds is 3. The SMILES string of the molecule is C[SiH](C)OCC1=CC=CCC1=O. The molecule has 0 radical (unpaired) electrons. The maximum atomic E-state index is 11.2. The molecule has 1 aliphatic carbocycles. The van der Waals surface area contributed by atoms with Gasteiger partial charge in [0.25, 0.3) is 0 Å². The van der Waals surface area contributed by atoms with Crippen LogP contribution in [0.25, 0.3) is 0 Å². The third-order valence-electron chi connectivity index (χ3n) is 1.67. The maximum Gasteiger partial charge on any atom is 0.171 e. The highest BCUT2D eigenvalue weighted by molar-refractivity contribution is 6.48. The number of hydrogen-bond donors (Lipinski definition) is 0. The van der Waals surface area contributed by atoms with Crippen molar-refractivity contribution in [3.8, 4) is 0 Å². The van der Waals surface area contributed by atoms with Crippen molar-refractivity contribution in [3.05, 3.63) is 23.8 Å². The lowest BCUT2D eigenvalue weighted by Crippen LogP contribution is -2.15. The minimum Gasteiger partial charge on any atom is -0.416 e. The summed E-state index contributed by atoms with van der Waals surface area (Å²) in [7, 11) is -0.986. The molecule has 0 fully saturated rings. The molecule has 0 atom stereocenters. The van der Waals surface area contributed by atoms with Gasteiger partial charge < -0.3 is 4.43 Å². The Bertz CT molecular complexity index is 229. The fourth-order valence-electron chi connectivity index (χ4n) is 0.968. The average Bonchev–Trinajstić information content (AvgIpc) is 2.03. The molecule has 1 aliphatic rings. The van der Waals surface area contributed by atoms with Gasteiger partial charge in [0, 0.05) is 12.0 Å². The lowest BCUT2D eigenvalue weighted by Gasteiger charge is -2.10. The van der Waals surface area contributed by atoms with E-state index in [0.29, 0.717) is 13.0 Å². The molecule has 0 amide bonds. The molecule has 0 unspecified atom stereocenters. The van der Waals surface area contributed by atoms with Crippen LogP contribution in [0.1, 0.15) is 6.42 Å². The highest BCUT2D eigenvalue weighted by Gasteiger charge is 2.10. The van der Waals surface area contributed by atoms with E-state index in [4.69, 9.17) is 4.43 Å². The fraction of sp³-hybridized carbons (Fsp3) is 0.444. The number of allylic oxidation sites excluding steroid dienone is 3. The van der Waals surface area contributed by atoms with Crippen molar-refractivity contribution in [1.29, 1.82) is 0 Å². The molecule has 66 valence electrons. The van der Waals surface area contributed by atoms with E-state index < -0.39 is 9.04 Å². The first-order valence-electron chi connectivity index (χ1n) is 4.20. The summed E-state index contributed by atoms with van der Waals surface area (Å²) in [5, 5.41) is 0. The topological polar surface area (TPSA) is 26.3 Å². The van der Waals surface area contributed by atoms with E-state index in [-0.39, 0.29) is 5.78 Å². The summed E-state index contributed by atoms with van der Waals surface area (Å²) in [6.07, 6.45) is 6.18. The summed E-state index contributed by atoms with van der Waals surface area (Å²) in [4.78, 5) is 11.2. The quantitative estimate of drug-likeness (QED) is 0.617. The van der Waals surface area contributed by atoms with Crippen molar-refractivity contribution in [2.75, 3.05) is 6.61 Å². The van der Waals surface area contributed by atoms with Crippen LogP contribution in [-0.2, 0) is 9.22 Å². The van der Waals surface area contributed by atoms with E-state index in [2.05, 4.69) is 13.1 Å². The van der Waals surface area contributed by atoms with Crippen LogP contribution >= 0.6 is 0 Å². The minimum absolute atomic E-state index is 0.201. The molecule has 2 nitrogen and oxygen atoms in total. The number of ketones is 1. The van der Waals surface area contributed by atoms with Gasteiger partial charge in [-0.2, -0.15) is 0 Å². The molecular weight excluding hydrogens is 168 g/mol. The standard InChI is InChI=1S/C9H14O2Si/c1-12(2)11-7-8-5-3-4-6-9(8)10/h3-5,12H,6-7H2,1-2H3. The molecule has 1 rings (SSSR count). The summed E-state index contributed by atoms with van der Waals surface area (Å²) in [5.74, 6) is 0.201. The van der Waals surface area contributed by atoms with Gasteiger partial charge in [0.15, 0.2) is 14.8 Å². The van der Waals surface area contributed by atoms with Gasteiger partial charge in [0.2, 0.25) is 0 Å². The van der Waals surface area contributed by atoms with Crippen molar-refractivity contribution in [3.63, 3.8) is 0 Å². The minimum atomic E-state index is -0.986. The van der Waals surface area contributed by atoms with Crippen LogP contribution in [0, 0.1) is 0 Å². The number of hydrogen-bond acceptors (Lipinski definition) is 2. The molecule has 3 heteroatoms. The molecule has 0 heterocycles. The Morgan fingerprint density at radius 3 is 2.92 bits per heavy atom. The van der Waals surface area contributed by atoms with Gasteiger partial charge in [-0.15, -0.1) is 0 Å². The van der Waals surface area contributed by atoms with E-state index in [1.165, 1.54) is 0 Å². The number of carbonyl (C=O) groups is 1. The van der Waals surface area contributed by atoms with Crippen molar-refractivity contribution in [2.45, 2.75) is 19.5 Å². The second-order valence-corrected chi connectivity index (χ2v) is 5.54. The summed E-state index contributed by atoms with van der Waals surface area (Å²) >= 11 is 0. The Morgan fingerprint density at radius 1 is 1.58 bits per heavy atom. The molecule has 0 aromatic carbocycles. The normalized spacial score (nSPS) is 16.9. The molecule has 0 spiro atoms. The highest BCUT2D eigenvalue weighted by Crippen LogP contribution is 2.08. The largest absolute Gasteiger partial charge is 0.416 e. The Hall–Kier alpha value is -0.673. The maximum absolute atomic E-state index is 11.2. The first kappa shape index (κ1) is 9.42. The second-order valence-electron chi connectivity index (χ2n) is 3.11. The summed E-state index contributed by atoms with van der Waals surface area (Å²) < 4.78 is 5.47. The zero-order chi connectivity index (χ0) is 8.97. The molecular formula is C9H14O2Si. The fourth-order valence-corrected chi connectivity index (χ4v) is 1.48. The molecule has 0 bridgehead atoms. The van der Waals surface area contributed by atoms with Crippen LogP contribution in [0.2, 0.25) is 13.1 Å². The van der Waals surface area contributed by atoms with Gasteiger partial charge in [-0.3, -0.25) is 4.79 Å². The smallest absolute Gasteiger partial charge is 0.171 e.